The van der Waals surface area contributed by atoms with E-state index < -0.39 is 17.2 Å². The van der Waals surface area contributed by atoms with Crippen LogP contribution in [0.4, 0.5) is 14.7 Å². The zero-order chi connectivity index (χ0) is 21.8. The van der Waals surface area contributed by atoms with Crippen LogP contribution >= 0.6 is 11.3 Å². The van der Waals surface area contributed by atoms with Gasteiger partial charge in [0.05, 0.1) is 12.3 Å². The summed E-state index contributed by atoms with van der Waals surface area (Å²) in [6.07, 6.45) is 5.98. The Kier molecular flexibility index (Phi) is 6.43. The number of hydrogen-bond donors (Lipinski definition) is 1. The summed E-state index contributed by atoms with van der Waals surface area (Å²) in [5, 5.41) is 12.1. The van der Waals surface area contributed by atoms with Gasteiger partial charge in [0.25, 0.3) is 0 Å². The molecule has 164 valence electrons. The molecule has 3 heterocycles. The van der Waals surface area contributed by atoms with Crippen molar-refractivity contribution in [2.45, 2.75) is 38.2 Å². The van der Waals surface area contributed by atoms with E-state index in [1.165, 1.54) is 17.4 Å². The van der Waals surface area contributed by atoms with Crippen molar-refractivity contribution in [3.63, 3.8) is 0 Å². The van der Waals surface area contributed by atoms with Gasteiger partial charge in [-0.2, -0.15) is 0 Å². The van der Waals surface area contributed by atoms with Crippen molar-refractivity contribution >= 4 is 17.3 Å². The van der Waals surface area contributed by atoms with Crippen LogP contribution in [0.5, 0.6) is 5.75 Å². The number of aryl methyl sites for hydroxylation is 1. The number of hydrogen-bond acceptors (Lipinski definition) is 7. The summed E-state index contributed by atoms with van der Waals surface area (Å²) in [7, 11) is 0. The summed E-state index contributed by atoms with van der Waals surface area (Å²) in [5.74, 6) is -0.868. The van der Waals surface area contributed by atoms with E-state index in [1.807, 2.05) is 6.92 Å². The Labute approximate surface area is 183 Å². The lowest BCUT2D eigenvalue weighted by Gasteiger charge is -2.24. The van der Waals surface area contributed by atoms with E-state index in [0.29, 0.717) is 43.4 Å². The van der Waals surface area contributed by atoms with Crippen LogP contribution in [0, 0.1) is 18.6 Å². The summed E-state index contributed by atoms with van der Waals surface area (Å²) < 4.78 is 31.9. The van der Waals surface area contributed by atoms with E-state index in [9.17, 15) is 13.9 Å². The third-order valence-electron chi connectivity index (χ3n) is 5.43. The van der Waals surface area contributed by atoms with Gasteiger partial charge in [0.15, 0.2) is 11.6 Å². The number of nitrogens with zero attached hydrogens (tertiary/aromatic N) is 4. The molecule has 1 aromatic carbocycles. The molecule has 4 rings (SSSR count). The summed E-state index contributed by atoms with van der Waals surface area (Å²) in [5.41, 5.74) is -0.132. The molecule has 1 atom stereocenters. The van der Waals surface area contributed by atoms with Crippen molar-refractivity contribution in [3.05, 3.63) is 63.9 Å². The fourth-order valence-electron chi connectivity index (χ4n) is 3.67. The highest BCUT2D eigenvalue weighted by Gasteiger charge is 2.35. The summed E-state index contributed by atoms with van der Waals surface area (Å²) in [4.78, 5) is 16.4. The van der Waals surface area contributed by atoms with E-state index in [1.54, 1.807) is 18.5 Å². The molecule has 0 aliphatic carbocycles. The fraction of sp³-hybridized carbons (Fsp3) is 0.409. The lowest BCUT2D eigenvalue weighted by molar-refractivity contribution is 0.0241. The van der Waals surface area contributed by atoms with Crippen LogP contribution < -0.4 is 9.64 Å². The predicted molar refractivity (Wildman–Crippen MR) is 114 cm³/mol. The molecular formula is C22H24F2N4O2S. The van der Waals surface area contributed by atoms with E-state index in [0.717, 1.165) is 35.7 Å². The molecule has 1 N–H and O–H groups in total. The average Bonchev–Trinajstić information content (AvgIpc) is 3.02. The average molecular weight is 447 g/mol. The van der Waals surface area contributed by atoms with Crippen LogP contribution in [-0.2, 0) is 12.0 Å². The first-order valence-electron chi connectivity index (χ1n) is 10.2. The fourth-order valence-corrected chi connectivity index (χ4v) is 4.86. The number of ether oxygens (including phenoxy) is 1. The first kappa shape index (κ1) is 21.6. The molecule has 0 saturated carbocycles. The molecule has 1 unspecified atom stereocenters. The predicted octanol–water partition coefficient (Wildman–Crippen LogP) is 4.02. The number of anilines is 1. The van der Waals surface area contributed by atoms with E-state index in [4.69, 9.17) is 4.74 Å². The van der Waals surface area contributed by atoms with E-state index >= 15 is 0 Å². The Morgan fingerprint density at radius 2 is 1.97 bits per heavy atom. The second-order valence-electron chi connectivity index (χ2n) is 7.62. The highest BCUT2D eigenvalue weighted by molar-refractivity contribution is 7.11. The van der Waals surface area contributed by atoms with E-state index in [-0.39, 0.29) is 5.75 Å². The zero-order valence-corrected chi connectivity index (χ0v) is 18.0. The van der Waals surface area contributed by atoms with Crippen LogP contribution in [-0.4, -0.2) is 39.8 Å². The van der Waals surface area contributed by atoms with Crippen molar-refractivity contribution in [1.82, 2.24) is 15.0 Å². The van der Waals surface area contributed by atoms with Gasteiger partial charge in [0.1, 0.15) is 16.4 Å². The maximum Gasteiger partial charge on any atom is 0.225 e. The van der Waals surface area contributed by atoms with Gasteiger partial charge < -0.3 is 14.7 Å². The molecule has 3 aromatic rings. The summed E-state index contributed by atoms with van der Waals surface area (Å²) in [6, 6.07) is 5.27. The molecule has 31 heavy (non-hydrogen) atoms. The Bertz CT molecular complexity index is 1030. The van der Waals surface area contributed by atoms with Gasteiger partial charge in [0, 0.05) is 49.3 Å². The van der Waals surface area contributed by atoms with Gasteiger partial charge in [-0.1, -0.05) is 0 Å². The largest absolute Gasteiger partial charge is 0.493 e. The van der Waals surface area contributed by atoms with Gasteiger partial charge in [-0.3, -0.25) is 0 Å². The first-order chi connectivity index (χ1) is 14.9. The summed E-state index contributed by atoms with van der Waals surface area (Å²) in [6.45, 7) is 3.65. The van der Waals surface area contributed by atoms with Crippen molar-refractivity contribution < 1.29 is 18.6 Å². The standard InChI is InChI=1S/C22H24F2N4O2S/c1-15-19(6-13-30-16-4-5-17(23)18(24)14-16)31-20(27-15)22(29)7-2-11-28(12-8-22)21-25-9-3-10-26-21/h3-5,9-10,14,29H,2,6-8,11-13H2,1H3. The molecule has 1 saturated heterocycles. The zero-order valence-electron chi connectivity index (χ0n) is 17.2. The van der Waals surface area contributed by atoms with Crippen LogP contribution in [0.25, 0.3) is 0 Å². The van der Waals surface area contributed by atoms with Gasteiger partial charge >= 0.3 is 0 Å². The number of aromatic nitrogens is 3. The van der Waals surface area contributed by atoms with Crippen LogP contribution in [0.2, 0.25) is 0 Å². The maximum atomic E-state index is 13.3. The molecular weight excluding hydrogens is 422 g/mol. The molecule has 9 heteroatoms. The molecule has 1 aliphatic rings. The van der Waals surface area contributed by atoms with Crippen molar-refractivity contribution in [2.75, 3.05) is 24.6 Å². The minimum Gasteiger partial charge on any atom is -0.493 e. The second kappa shape index (κ2) is 9.23. The highest BCUT2D eigenvalue weighted by atomic mass is 32.1. The second-order valence-corrected chi connectivity index (χ2v) is 8.71. The lowest BCUT2D eigenvalue weighted by atomic mass is 9.96. The number of aliphatic hydroxyl groups is 1. The van der Waals surface area contributed by atoms with Crippen LogP contribution in [0.15, 0.2) is 36.7 Å². The molecule has 0 amide bonds. The number of rotatable bonds is 6. The number of thiazole rings is 1. The molecule has 0 bridgehead atoms. The Morgan fingerprint density at radius 1 is 1.16 bits per heavy atom. The van der Waals surface area contributed by atoms with Crippen LogP contribution in [0.3, 0.4) is 0 Å². The summed E-state index contributed by atoms with van der Waals surface area (Å²) >= 11 is 1.49. The maximum absolute atomic E-state index is 13.3. The van der Waals surface area contributed by atoms with Gasteiger partial charge in [-0.05, 0) is 38.0 Å². The minimum atomic E-state index is -0.988. The van der Waals surface area contributed by atoms with Crippen molar-refractivity contribution in [3.8, 4) is 5.75 Å². The van der Waals surface area contributed by atoms with Crippen molar-refractivity contribution in [2.24, 2.45) is 0 Å². The monoisotopic (exact) mass is 446 g/mol. The number of benzene rings is 1. The topological polar surface area (TPSA) is 71.4 Å². The third-order valence-corrected chi connectivity index (χ3v) is 6.84. The molecule has 6 nitrogen and oxygen atoms in total. The van der Waals surface area contributed by atoms with Crippen molar-refractivity contribution in [1.29, 1.82) is 0 Å². The Balaban J connectivity index is 1.39. The SMILES string of the molecule is Cc1nc(C2(O)CCCN(c3ncccn3)CC2)sc1CCOc1ccc(F)c(F)c1. The molecule has 1 aliphatic heterocycles. The first-order valence-corrected chi connectivity index (χ1v) is 11.1. The van der Waals surface area contributed by atoms with Gasteiger partial charge in [-0.25, -0.2) is 23.7 Å². The highest BCUT2D eigenvalue weighted by Crippen LogP contribution is 2.37. The number of halogens is 2. The van der Waals surface area contributed by atoms with Gasteiger partial charge in [0.2, 0.25) is 5.95 Å². The molecule has 1 fully saturated rings. The Hall–Kier alpha value is -2.65. The third kappa shape index (κ3) is 4.99. The van der Waals surface area contributed by atoms with Crippen LogP contribution in [0.1, 0.15) is 34.8 Å². The minimum absolute atomic E-state index is 0.284. The quantitative estimate of drug-likeness (QED) is 0.617. The normalized spacial score (nSPS) is 19.3. The molecule has 0 radical (unpaired) electrons. The van der Waals surface area contributed by atoms with Gasteiger partial charge in [-0.15, -0.1) is 11.3 Å². The lowest BCUT2D eigenvalue weighted by Crippen LogP contribution is -2.30. The smallest absolute Gasteiger partial charge is 0.225 e. The Morgan fingerprint density at radius 3 is 2.74 bits per heavy atom. The molecule has 0 spiro atoms. The van der Waals surface area contributed by atoms with E-state index in [2.05, 4.69) is 19.9 Å². The molecule has 2 aromatic heterocycles.